The van der Waals surface area contributed by atoms with Gasteiger partial charge in [0.05, 0.1) is 10.9 Å². The minimum Gasteiger partial charge on any atom is -0.395 e. The summed E-state index contributed by atoms with van der Waals surface area (Å²) in [6.07, 6.45) is -3.77. The summed E-state index contributed by atoms with van der Waals surface area (Å²) in [6.45, 7) is 1.33. The molecule has 2 aromatic rings. The Morgan fingerprint density at radius 1 is 1.15 bits per heavy atom. The van der Waals surface area contributed by atoms with E-state index in [-0.39, 0.29) is 27.1 Å². The number of rotatable bonds is 5. The number of amides is 1. The molecule has 2 aromatic carbocycles. The molecule has 0 bridgehead atoms. The Bertz CT molecular complexity index is 1000. The molecule has 7 nitrogen and oxygen atoms in total. The van der Waals surface area contributed by atoms with E-state index in [1.54, 1.807) is 0 Å². The first kappa shape index (κ1) is 19.3. The maximum atomic E-state index is 13.0. The van der Waals surface area contributed by atoms with Crippen LogP contribution in [0.1, 0.15) is 6.92 Å². The minimum absolute atomic E-state index is 0.0973. The second-order valence-electron chi connectivity index (χ2n) is 5.62. The Morgan fingerprint density at radius 2 is 1.85 bits per heavy atom. The van der Waals surface area contributed by atoms with Gasteiger partial charge in [-0.2, -0.15) is 4.72 Å². The van der Waals surface area contributed by atoms with E-state index in [1.807, 2.05) is 0 Å². The average molecular weight is 419 g/mol. The van der Waals surface area contributed by atoms with E-state index in [0.717, 1.165) is 6.07 Å². The molecule has 1 aliphatic rings. The van der Waals surface area contributed by atoms with Crippen LogP contribution in [-0.4, -0.2) is 26.7 Å². The first-order valence-electron chi connectivity index (χ1n) is 7.54. The molecule has 27 heavy (non-hydrogen) atoms. The third-order valence-corrected chi connectivity index (χ3v) is 5.27. The van der Waals surface area contributed by atoms with Crippen LogP contribution in [0, 0.1) is 0 Å². The third-order valence-electron chi connectivity index (χ3n) is 3.50. The molecule has 1 atom stereocenters. The number of hydrogen-bond donors (Lipinski definition) is 2. The molecule has 1 aliphatic heterocycles. The van der Waals surface area contributed by atoms with Gasteiger partial charge in [0.2, 0.25) is 15.9 Å². The zero-order valence-corrected chi connectivity index (χ0v) is 15.3. The van der Waals surface area contributed by atoms with Crippen LogP contribution in [0.3, 0.4) is 0 Å². The standard InChI is InChI=1S/C16H13ClF2N2O5S/c1-9(21-27(23,24)12-4-2-3-10(17)7-12)15(22)20-11-5-6-13-14(8-11)26-16(18,19)25-13/h2-9,21H,1H3,(H,20,22). The summed E-state index contributed by atoms with van der Waals surface area (Å²) in [7, 11) is -3.98. The second kappa shape index (κ2) is 6.95. The van der Waals surface area contributed by atoms with E-state index < -0.39 is 28.3 Å². The van der Waals surface area contributed by atoms with Gasteiger partial charge < -0.3 is 14.8 Å². The lowest BCUT2D eigenvalue weighted by Crippen LogP contribution is -2.41. The largest absolute Gasteiger partial charge is 0.586 e. The van der Waals surface area contributed by atoms with Gasteiger partial charge >= 0.3 is 6.29 Å². The molecule has 0 saturated heterocycles. The van der Waals surface area contributed by atoms with Crippen molar-refractivity contribution < 1.29 is 31.5 Å². The van der Waals surface area contributed by atoms with Crippen LogP contribution in [-0.2, 0) is 14.8 Å². The molecule has 144 valence electrons. The molecule has 11 heteroatoms. The van der Waals surface area contributed by atoms with Crippen molar-refractivity contribution in [1.82, 2.24) is 4.72 Å². The van der Waals surface area contributed by atoms with Crippen molar-refractivity contribution in [3.8, 4) is 11.5 Å². The van der Waals surface area contributed by atoms with Crippen LogP contribution >= 0.6 is 11.6 Å². The number of carbonyl (C=O) groups is 1. The van der Waals surface area contributed by atoms with Gasteiger partial charge in [-0.1, -0.05) is 17.7 Å². The van der Waals surface area contributed by atoms with Gasteiger partial charge in [-0.05, 0) is 37.3 Å². The van der Waals surface area contributed by atoms with Crippen LogP contribution in [0.25, 0.3) is 0 Å². The van der Waals surface area contributed by atoms with E-state index in [9.17, 15) is 22.0 Å². The van der Waals surface area contributed by atoms with Crippen molar-refractivity contribution in [2.75, 3.05) is 5.32 Å². The molecule has 0 aromatic heterocycles. The van der Waals surface area contributed by atoms with E-state index in [2.05, 4.69) is 19.5 Å². The highest BCUT2D eigenvalue weighted by molar-refractivity contribution is 7.89. The van der Waals surface area contributed by atoms with E-state index in [4.69, 9.17) is 11.6 Å². The van der Waals surface area contributed by atoms with Gasteiger partial charge in [-0.25, -0.2) is 8.42 Å². The zero-order valence-electron chi connectivity index (χ0n) is 13.7. The van der Waals surface area contributed by atoms with Crippen LogP contribution in [0.15, 0.2) is 47.4 Å². The fraction of sp³-hybridized carbons (Fsp3) is 0.188. The molecule has 0 spiro atoms. The fourth-order valence-electron chi connectivity index (χ4n) is 2.27. The maximum absolute atomic E-state index is 13.0. The smallest absolute Gasteiger partial charge is 0.395 e. The zero-order chi connectivity index (χ0) is 19.8. The number of nitrogens with one attached hydrogen (secondary N) is 2. The van der Waals surface area contributed by atoms with Crippen LogP contribution < -0.4 is 19.5 Å². The molecular formula is C16H13ClF2N2O5S. The van der Waals surface area contributed by atoms with Gasteiger partial charge in [-0.3, -0.25) is 4.79 Å². The van der Waals surface area contributed by atoms with Crippen molar-refractivity contribution in [3.05, 3.63) is 47.5 Å². The highest BCUT2D eigenvalue weighted by atomic mass is 35.5. The van der Waals surface area contributed by atoms with Gasteiger partial charge in [0.15, 0.2) is 11.5 Å². The molecule has 0 aliphatic carbocycles. The van der Waals surface area contributed by atoms with E-state index >= 15 is 0 Å². The predicted octanol–water partition coefficient (Wildman–Crippen LogP) is 2.97. The summed E-state index contributed by atoms with van der Waals surface area (Å²) in [4.78, 5) is 12.1. The highest BCUT2D eigenvalue weighted by Crippen LogP contribution is 2.42. The lowest BCUT2D eigenvalue weighted by atomic mass is 10.2. The Labute approximate surface area is 158 Å². The second-order valence-corrected chi connectivity index (χ2v) is 7.77. The molecule has 1 unspecified atom stereocenters. The van der Waals surface area contributed by atoms with Crippen LogP contribution in [0.2, 0.25) is 5.02 Å². The number of hydrogen-bond acceptors (Lipinski definition) is 5. The summed E-state index contributed by atoms with van der Waals surface area (Å²) >= 11 is 5.78. The molecule has 3 rings (SSSR count). The normalized spacial score (nSPS) is 16.0. The van der Waals surface area contributed by atoms with Crippen molar-refractivity contribution in [3.63, 3.8) is 0 Å². The molecule has 0 saturated carbocycles. The number of halogens is 3. The number of benzene rings is 2. The summed E-state index contributed by atoms with van der Waals surface area (Å²) in [5.74, 6) is -1.12. The van der Waals surface area contributed by atoms with Gasteiger partial charge in [0.25, 0.3) is 0 Å². The summed E-state index contributed by atoms with van der Waals surface area (Å²) < 4.78 is 61.4. The monoisotopic (exact) mass is 418 g/mol. The third kappa shape index (κ3) is 4.46. The first-order valence-corrected chi connectivity index (χ1v) is 9.40. The van der Waals surface area contributed by atoms with Gasteiger partial charge in [-0.15, -0.1) is 8.78 Å². The molecule has 2 N–H and O–H groups in total. The van der Waals surface area contributed by atoms with Gasteiger partial charge in [0, 0.05) is 16.8 Å². The Hall–Kier alpha value is -2.43. The maximum Gasteiger partial charge on any atom is 0.586 e. The quantitative estimate of drug-likeness (QED) is 0.778. The SMILES string of the molecule is CC(NS(=O)(=O)c1cccc(Cl)c1)C(=O)Nc1ccc2c(c1)OC(F)(F)O2. The number of anilines is 1. The van der Waals surface area contributed by atoms with Crippen molar-refractivity contribution in [2.45, 2.75) is 24.2 Å². The highest BCUT2D eigenvalue weighted by Gasteiger charge is 2.43. The lowest BCUT2D eigenvalue weighted by Gasteiger charge is -2.15. The molecular weight excluding hydrogens is 406 g/mol. The number of carbonyl (C=O) groups excluding carboxylic acids is 1. The predicted molar refractivity (Wildman–Crippen MR) is 92.5 cm³/mol. The number of fused-ring (bicyclic) bond motifs is 1. The summed E-state index contributed by atoms with van der Waals surface area (Å²) in [5, 5.41) is 2.64. The Morgan fingerprint density at radius 3 is 2.56 bits per heavy atom. The number of sulfonamides is 1. The summed E-state index contributed by atoms with van der Waals surface area (Å²) in [6, 6.07) is 8.06. The molecule has 1 heterocycles. The first-order chi connectivity index (χ1) is 12.6. The fourth-order valence-corrected chi connectivity index (χ4v) is 3.77. The van der Waals surface area contributed by atoms with Crippen molar-refractivity contribution >= 4 is 33.2 Å². The number of ether oxygens (including phenoxy) is 2. The molecule has 0 fully saturated rings. The number of alkyl halides is 2. The Balaban J connectivity index is 1.68. The van der Waals surface area contributed by atoms with Crippen LogP contribution in [0.5, 0.6) is 11.5 Å². The van der Waals surface area contributed by atoms with Crippen LogP contribution in [0.4, 0.5) is 14.5 Å². The van der Waals surface area contributed by atoms with Crippen molar-refractivity contribution in [1.29, 1.82) is 0 Å². The van der Waals surface area contributed by atoms with Crippen molar-refractivity contribution in [2.24, 2.45) is 0 Å². The minimum atomic E-state index is -3.98. The average Bonchev–Trinajstić information content (AvgIpc) is 2.87. The molecule has 1 amide bonds. The molecule has 0 radical (unpaired) electrons. The van der Waals surface area contributed by atoms with Gasteiger partial charge in [0.1, 0.15) is 0 Å². The lowest BCUT2D eigenvalue weighted by molar-refractivity contribution is -0.286. The topological polar surface area (TPSA) is 93.7 Å². The van der Waals surface area contributed by atoms with E-state index in [0.29, 0.717) is 0 Å². The summed E-state index contributed by atoms with van der Waals surface area (Å²) in [5.41, 5.74) is 0.133. The Kier molecular flexibility index (Phi) is 4.98. The van der Waals surface area contributed by atoms with E-state index in [1.165, 1.54) is 43.3 Å².